The molecule has 3 aromatic carbocycles. The minimum atomic E-state index is 0.950. The zero-order chi connectivity index (χ0) is 14.1. The molecule has 2 heteroatoms. The molecule has 0 saturated carbocycles. The van der Waals surface area contributed by atoms with Crippen LogP contribution in [0.3, 0.4) is 0 Å². The van der Waals surface area contributed by atoms with E-state index in [1.165, 1.54) is 20.9 Å². The van der Waals surface area contributed by atoms with Crippen molar-refractivity contribution in [3.05, 3.63) is 83.9 Å². The Morgan fingerprint density at radius 1 is 0.667 bits per heavy atom. The largest absolute Gasteiger partial charge is 0.455 e. The number of rotatable bonds is 2. The summed E-state index contributed by atoms with van der Waals surface area (Å²) >= 11 is 1.78. The third-order valence-corrected chi connectivity index (χ3v) is 4.64. The minimum absolute atomic E-state index is 0.950. The van der Waals surface area contributed by atoms with Gasteiger partial charge in [0, 0.05) is 0 Å². The third kappa shape index (κ3) is 2.55. The molecule has 1 heterocycles. The Hall–Kier alpha value is -2.19. The highest BCUT2D eigenvalue weighted by atomic mass is 32.2. The van der Waals surface area contributed by atoms with Crippen molar-refractivity contribution < 1.29 is 4.74 Å². The normalized spacial score (nSPS) is 12.2. The second kappa shape index (κ2) is 5.30. The van der Waals surface area contributed by atoms with E-state index < -0.39 is 0 Å². The molecule has 0 bridgehead atoms. The number of hydrogen-bond donors (Lipinski definition) is 0. The van der Waals surface area contributed by atoms with Crippen molar-refractivity contribution in [1.29, 1.82) is 0 Å². The van der Waals surface area contributed by atoms with Crippen LogP contribution in [0.2, 0.25) is 0 Å². The molecule has 0 unspecified atom stereocenters. The SMILES string of the molecule is c1ccc(Cc2ccc3c(c2)Sc2ccccc2O3)cc1. The van der Waals surface area contributed by atoms with Crippen molar-refractivity contribution in [2.45, 2.75) is 16.2 Å². The number of ether oxygens (including phenoxy) is 1. The average Bonchev–Trinajstić information content (AvgIpc) is 2.54. The van der Waals surface area contributed by atoms with Crippen LogP contribution in [-0.2, 0) is 6.42 Å². The first-order valence-corrected chi connectivity index (χ1v) is 7.82. The zero-order valence-electron chi connectivity index (χ0n) is 11.5. The van der Waals surface area contributed by atoms with Crippen LogP contribution in [0.1, 0.15) is 11.1 Å². The van der Waals surface area contributed by atoms with Gasteiger partial charge in [-0.2, -0.15) is 0 Å². The standard InChI is InChI=1S/C19H14OS/c1-2-6-14(7-3-1)12-15-10-11-17-19(13-15)21-18-9-5-4-8-16(18)20-17/h1-11,13H,12H2. The Balaban J connectivity index is 1.64. The quantitative estimate of drug-likeness (QED) is 0.480. The average molecular weight is 290 g/mol. The summed E-state index contributed by atoms with van der Waals surface area (Å²) in [5, 5.41) is 0. The summed E-state index contributed by atoms with van der Waals surface area (Å²) in [6.07, 6.45) is 0.955. The number of benzene rings is 3. The molecular weight excluding hydrogens is 276 g/mol. The molecule has 0 spiro atoms. The van der Waals surface area contributed by atoms with Crippen LogP contribution < -0.4 is 4.74 Å². The van der Waals surface area contributed by atoms with Crippen molar-refractivity contribution in [3.8, 4) is 11.5 Å². The van der Waals surface area contributed by atoms with Crippen LogP contribution in [0.15, 0.2) is 82.6 Å². The highest BCUT2D eigenvalue weighted by Crippen LogP contribution is 2.47. The van der Waals surface area contributed by atoms with Gasteiger partial charge < -0.3 is 4.74 Å². The summed E-state index contributed by atoms with van der Waals surface area (Å²) in [4.78, 5) is 2.38. The first-order chi connectivity index (χ1) is 10.4. The number of para-hydroxylation sites is 1. The van der Waals surface area contributed by atoms with E-state index >= 15 is 0 Å². The van der Waals surface area contributed by atoms with Gasteiger partial charge in [0.1, 0.15) is 11.5 Å². The molecule has 1 aliphatic heterocycles. The molecule has 0 N–H and O–H groups in total. The van der Waals surface area contributed by atoms with Crippen LogP contribution >= 0.6 is 11.8 Å². The predicted molar refractivity (Wildman–Crippen MR) is 86.3 cm³/mol. The van der Waals surface area contributed by atoms with Gasteiger partial charge >= 0.3 is 0 Å². The maximum absolute atomic E-state index is 5.96. The van der Waals surface area contributed by atoms with Crippen molar-refractivity contribution in [3.63, 3.8) is 0 Å². The van der Waals surface area contributed by atoms with Crippen LogP contribution in [0.25, 0.3) is 0 Å². The van der Waals surface area contributed by atoms with E-state index in [0.717, 1.165) is 17.9 Å². The molecule has 0 amide bonds. The summed E-state index contributed by atoms with van der Waals surface area (Å²) in [6, 6.07) is 25.2. The fourth-order valence-corrected chi connectivity index (χ4v) is 3.53. The van der Waals surface area contributed by atoms with Crippen molar-refractivity contribution >= 4 is 11.8 Å². The van der Waals surface area contributed by atoms with E-state index in [1.807, 2.05) is 18.2 Å². The first-order valence-electron chi connectivity index (χ1n) is 7.00. The molecular formula is C19H14OS. The van der Waals surface area contributed by atoms with E-state index in [0.29, 0.717) is 0 Å². The zero-order valence-corrected chi connectivity index (χ0v) is 12.3. The molecule has 21 heavy (non-hydrogen) atoms. The summed E-state index contributed by atoms with van der Waals surface area (Å²) in [5.74, 6) is 1.90. The van der Waals surface area contributed by atoms with E-state index in [9.17, 15) is 0 Å². The lowest BCUT2D eigenvalue weighted by Gasteiger charge is -2.20. The lowest BCUT2D eigenvalue weighted by molar-refractivity contribution is 0.454. The Bertz CT molecular complexity index is 781. The highest BCUT2D eigenvalue weighted by Gasteiger charge is 2.17. The smallest absolute Gasteiger partial charge is 0.141 e. The van der Waals surface area contributed by atoms with E-state index in [4.69, 9.17) is 4.74 Å². The molecule has 0 aliphatic carbocycles. The monoisotopic (exact) mass is 290 g/mol. The molecule has 102 valence electrons. The van der Waals surface area contributed by atoms with Gasteiger partial charge in [0.25, 0.3) is 0 Å². The van der Waals surface area contributed by atoms with Gasteiger partial charge in [-0.1, -0.05) is 60.3 Å². The van der Waals surface area contributed by atoms with Gasteiger partial charge in [-0.3, -0.25) is 0 Å². The fraction of sp³-hybridized carbons (Fsp3) is 0.0526. The Kier molecular flexibility index (Phi) is 3.17. The van der Waals surface area contributed by atoms with E-state index in [-0.39, 0.29) is 0 Å². The Labute approximate surface area is 128 Å². The second-order valence-corrected chi connectivity index (χ2v) is 6.18. The summed E-state index contributed by atoms with van der Waals surface area (Å²) in [7, 11) is 0. The van der Waals surface area contributed by atoms with Crippen LogP contribution in [-0.4, -0.2) is 0 Å². The minimum Gasteiger partial charge on any atom is -0.455 e. The van der Waals surface area contributed by atoms with Crippen LogP contribution in [0.5, 0.6) is 11.5 Å². The molecule has 0 atom stereocenters. The van der Waals surface area contributed by atoms with Gasteiger partial charge in [0.15, 0.2) is 0 Å². The fourth-order valence-electron chi connectivity index (χ4n) is 2.51. The first kappa shape index (κ1) is 12.5. The topological polar surface area (TPSA) is 9.23 Å². The molecule has 3 aromatic rings. The van der Waals surface area contributed by atoms with Crippen LogP contribution in [0, 0.1) is 0 Å². The van der Waals surface area contributed by atoms with Gasteiger partial charge in [-0.25, -0.2) is 0 Å². The van der Waals surface area contributed by atoms with Crippen molar-refractivity contribution in [1.82, 2.24) is 0 Å². The Morgan fingerprint density at radius 3 is 2.33 bits per heavy atom. The predicted octanol–water partition coefficient (Wildman–Crippen LogP) is 5.53. The summed E-state index contributed by atoms with van der Waals surface area (Å²) in [5.41, 5.74) is 2.65. The van der Waals surface area contributed by atoms with Crippen molar-refractivity contribution in [2.75, 3.05) is 0 Å². The van der Waals surface area contributed by atoms with Gasteiger partial charge in [0.2, 0.25) is 0 Å². The maximum Gasteiger partial charge on any atom is 0.141 e. The lowest BCUT2D eigenvalue weighted by atomic mass is 10.1. The molecule has 1 nitrogen and oxygen atoms in total. The summed E-state index contributed by atoms with van der Waals surface area (Å²) < 4.78 is 5.96. The number of fused-ring (bicyclic) bond motifs is 2. The van der Waals surface area contributed by atoms with E-state index in [1.54, 1.807) is 11.8 Å². The van der Waals surface area contributed by atoms with Crippen LogP contribution in [0.4, 0.5) is 0 Å². The lowest BCUT2D eigenvalue weighted by Crippen LogP contribution is -1.96. The number of hydrogen-bond acceptors (Lipinski definition) is 2. The molecule has 1 aliphatic rings. The Morgan fingerprint density at radius 2 is 1.43 bits per heavy atom. The molecule has 0 aromatic heterocycles. The third-order valence-electron chi connectivity index (χ3n) is 3.55. The van der Waals surface area contributed by atoms with E-state index in [2.05, 4.69) is 54.6 Å². The highest BCUT2D eigenvalue weighted by molar-refractivity contribution is 7.99. The van der Waals surface area contributed by atoms with Crippen molar-refractivity contribution in [2.24, 2.45) is 0 Å². The molecule has 4 rings (SSSR count). The van der Waals surface area contributed by atoms with Gasteiger partial charge in [-0.15, -0.1) is 0 Å². The molecule has 0 fully saturated rings. The van der Waals surface area contributed by atoms with Gasteiger partial charge in [-0.05, 0) is 41.8 Å². The molecule has 0 radical (unpaired) electrons. The second-order valence-electron chi connectivity index (χ2n) is 5.09. The summed E-state index contributed by atoms with van der Waals surface area (Å²) in [6.45, 7) is 0. The maximum atomic E-state index is 5.96. The van der Waals surface area contributed by atoms with Gasteiger partial charge in [0.05, 0.1) is 9.79 Å². The molecule has 0 saturated heterocycles.